The Morgan fingerprint density at radius 2 is 1.82 bits per heavy atom. The quantitative estimate of drug-likeness (QED) is 0.542. The van der Waals surface area contributed by atoms with E-state index in [1.807, 2.05) is 43.0 Å². The van der Waals surface area contributed by atoms with Crippen LogP contribution in [0, 0.1) is 0 Å². The summed E-state index contributed by atoms with van der Waals surface area (Å²) in [5, 5.41) is 2.92. The number of quaternary nitrogens is 1. The molecule has 3 aromatic rings. The van der Waals surface area contributed by atoms with Crippen molar-refractivity contribution in [3.8, 4) is 0 Å². The third kappa shape index (κ3) is 4.00. The molecule has 1 aliphatic rings. The summed E-state index contributed by atoms with van der Waals surface area (Å²) in [5.74, 6) is -0.234. The lowest BCUT2D eigenvalue weighted by molar-refractivity contribution is -0.894. The van der Waals surface area contributed by atoms with Crippen LogP contribution in [0.4, 0.5) is 0 Å². The van der Waals surface area contributed by atoms with Gasteiger partial charge in [0.2, 0.25) is 5.78 Å². The van der Waals surface area contributed by atoms with Crippen molar-refractivity contribution in [2.24, 2.45) is 0 Å². The minimum atomic E-state index is -0.150. The van der Waals surface area contributed by atoms with Crippen molar-refractivity contribution >= 4 is 33.9 Å². The molecule has 28 heavy (non-hydrogen) atoms. The molecule has 1 aromatic carbocycles. The highest BCUT2D eigenvalue weighted by atomic mass is 32.1. The first-order chi connectivity index (χ1) is 13.4. The number of hydrogen-bond acceptors (Lipinski definition) is 4. The number of likely N-dealkylation sites (N-methyl/N-ethyl adjacent to an activating group) is 1. The molecule has 1 N–H and O–H groups in total. The number of nitrogens with zero attached hydrogens (tertiary/aromatic N) is 3. The fraction of sp³-hybridized carbons (Fsp3) is 0.381. The van der Waals surface area contributed by atoms with Crippen LogP contribution >= 0.6 is 11.3 Å². The van der Waals surface area contributed by atoms with Gasteiger partial charge < -0.3 is 14.4 Å². The smallest absolute Gasteiger partial charge is 0.273 e. The summed E-state index contributed by atoms with van der Waals surface area (Å²) in [7, 11) is 4.34. The molecule has 0 spiro atoms. The maximum atomic E-state index is 12.8. The van der Waals surface area contributed by atoms with Crippen LogP contribution in [-0.2, 0) is 0 Å². The summed E-state index contributed by atoms with van der Waals surface area (Å²) >= 11 is 1.23. The molecular formula is C21H27N4O2S+. The number of benzene rings is 1. The van der Waals surface area contributed by atoms with Crippen molar-refractivity contribution in [3.63, 3.8) is 0 Å². The second-order valence-electron chi connectivity index (χ2n) is 7.29. The number of thiazole rings is 1. The average Bonchev–Trinajstić information content (AvgIpc) is 3.36. The highest BCUT2D eigenvalue weighted by Gasteiger charge is 2.29. The highest BCUT2D eigenvalue weighted by Crippen LogP contribution is 2.23. The van der Waals surface area contributed by atoms with Crippen LogP contribution < -0.4 is 0 Å². The summed E-state index contributed by atoms with van der Waals surface area (Å²) in [5.41, 5.74) is 1.87. The molecule has 7 heteroatoms. The van der Waals surface area contributed by atoms with Gasteiger partial charge in [0.1, 0.15) is 5.69 Å². The van der Waals surface area contributed by atoms with E-state index in [1.165, 1.54) is 11.3 Å². The SMILES string of the molecule is CC.C[N+]1(C)CCN(C(=O)c2csc(C(=O)c3c[nH]c4ccccc34)n2)CC1. The summed E-state index contributed by atoms with van der Waals surface area (Å²) in [6.07, 6.45) is 1.71. The zero-order valence-corrected chi connectivity index (χ0v) is 17.7. The molecule has 0 atom stereocenters. The van der Waals surface area contributed by atoms with Crippen molar-refractivity contribution in [2.75, 3.05) is 40.3 Å². The highest BCUT2D eigenvalue weighted by molar-refractivity contribution is 7.12. The molecule has 1 amide bonds. The lowest BCUT2D eigenvalue weighted by Gasteiger charge is -2.38. The van der Waals surface area contributed by atoms with Gasteiger partial charge in [-0.25, -0.2) is 4.98 Å². The van der Waals surface area contributed by atoms with Crippen LogP contribution in [0.2, 0.25) is 0 Å². The van der Waals surface area contributed by atoms with Gasteiger partial charge in [0, 0.05) is 22.5 Å². The van der Waals surface area contributed by atoms with E-state index >= 15 is 0 Å². The summed E-state index contributed by atoms with van der Waals surface area (Å²) < 4.78 is 0.922. The maximum Gasteiger partial charge on any atom is 0.273 e. The molecule has 1 saturated heterocycles. The van der Waals surface area contributed by atoms with Gasteiger partial charge in [0.15, 0.2) is 5.01 Å². The van der Waals surface area contributed by atoms with E-state index in [0.717, 1.165) is 41.6 Å². The molecule has 148 valence electrons. The number of ketones is 1. The van der Waals surface area contributed by atoms with Crippen LogP contribution in [0.5, 0.6) is 0 Å². The molecule has 3 heterocycles. The summed E-state index contributed by atoms with van der Waals surface area (Å²) in [4.78, 5) is 34.8. The van der Waals surface area contributed by atoms with Crippen LogP contribution in [0.25, 0.3) is 10.9 Å². The molecule has 6 nitrogen and oxygen atoms in total. The first-order valence-corrected chi connectivity index (χ1v) is 10.5. The van der Waals surface area contributed by atoms with E-state index in [1.54, 1.807) is 11.6 Å². The van der Waals surface area contributed by atoms with Crippen LogP contribution in [0.3, 0.4) is 0 Å². The number of fused-ring (bicyclic) bond motifs is 1. The number of H-pyrrole nitrogens is 1. The molecule has 1 fully saturated rings. The predicted octanol–water partition coefficient (Wildman–Crippen LogP) is 3.41. The third-order valence-electron chi connectivity index (χ3n) is 4.99. The monoisotopic (exact) mass is 399 g/mol. The van der Waals surface area contributed by atoms with Gasteiger partial charge in [-0.1, -0.05) is 32.0 Å². The van der Waals surface area contributed by atoms with E-state index < -0.39 is 0 Å². The zero-order valence-electron chi connectivity index (χ0n) is 16.9. The number of piperazine rings is 1. The Morgan fingerprint density at radius 1 is 1.14 bits per heavy atom. The van der Waals surface area contributed by atoms with Gasteiger partial charge in [-0.2, -0.15) is 0 Å². The Labute approximate surface area is 169 Å². The average molecular weight is 400 g/mol. The molecule has 4 rings (SSSR count). The summed E-state index contributed by atoms with van der Waals surface area (Å²) in [6.45, 7) is 7.29. The van der Waals surface area contributed by atoms with E-state index in [2.05, 4.69) is 24.1 Å². The predicted molar refractivity (Wildman–Crippen MR) is 113 cm³/mol. The number of hydrogen-bond donors (Lipinski definition) is 1. The Morgan fingerprint density at radius 3 is 2.54 bits per heavy atom. The fourth-order valence-electron chi connectivity index (χ4n) is 3.22. The van der Waals surface area contributed by atoms with Gasteiger partial charge in [-0.15, -0.1) is 11.3 Å². The second kappa shape index (κ2) is 8.24. The normalized spacial score (nSPS) is 15.8. The fourth-order valence-corrected chi connectivity index (χ4v) is 3.97. The van der Waals surface area contributed by atoms with Gasteiger partial charge in [-0.05, 0) is 6.07 Å². The largest absolute Gasteiger partial charge is 0.360 e. The Balaban J connectivity index is 0.00000109. The van der Waals surface area contributed by atoms with Gasteiger partial charge >= 0.3 is 0 Å². The molecule has 0 aliphatic carbocycles. The van der Waals surface area contributed by atoms with Gasteiger partial charge in [-0.3, -0.25) is 9.59 Å². The number of carbonyl (C=O) groups is 2. The third-order valence-corrected chi connectivity index (χ3v) is 5.83. The van der Waals surface area contributed by atoms with E-state index in [0.29, 0.717) is 16.3 Å². The van der Waals surface area contributed by atoms with Gasteiger partial charge in [0.25, 0.3) is 5.91 Å². The standard InChI is InChI=1S/C19H20N4O2S.C2H6/c1-23(2)9-7-22(8-10-23)19(25)16-12-26-18(21-16)17(24)14-11-20-15-6-4-3-5-13(14)15;1-2/h3-6,11-12H,7-10H2,1-2H3;1-2H3/p+1. The molecular weight excluding hydrogens is 372 g/mol. The first-order valence-electron chi connectivity index (χ1n) is 9.62. The minimum Gasteiger partial charge on any atom is -0.360 e. The van der Waals surface area contributed by atoms with Gasteiger partial charge in [0.05, 0.1) is 45.8 Å². The second-order valence-corrected chi connectivity index (χ2v) is 8.15. The van der Waals surface area contributed by atoms with Crippen molar-refractivity contribution in [2.45, 2.75) is 13.8 Å². The maximum absolute atomic E-state index is 12.8. The molecule has 2 aromatic heterocycles. The number of aromatic amines is 1. The van der Waals surface area contributed by atoms with Crippen LogP contribution in [-0.4, -0.2) is 71.3 Å². The number of carbonyl (C=O) groups excluding carboxylic acids is 2. The lowest BCUT2D eigenvalue weighted by Crippen LogP contribution is -2.56. The van der Waals surface area contributed by atoms with Crippen molar-refractivity contribution in [3.05, 3.63) is 52.1 Å². The number of para-hydroxylation sites is 1. The number of rotatable bonds is 3. The first kappa shape index (κ1) is 20.2. The molecule has 0 bridgehead atoms. The van der Waals surface area contributed by atoms with Crippen molar-refractivity contribution in [1.29, 1.82) is 0 Å². The minimum absolute atomic E-state index is 0.0843. The Hall–Kier alpha value is -2.51. The lowest BCUT2D eigenvalue weighted by atomic mass is 10.1. The number of aromatic nitrogens is 2. The van der Waals surface area contributed by atoms with E-state index in [4.69, 9.17) is 0 Å². The zero-order chi connectivity index (χ0) is 20.3. The molecule has 1 aliphatic heterocycles. The van der Waals surface area contributed by atoms with E-state index in [-0.39, 0.29) is 11.7 Å². The number of amides is 1. The molecule has 0 unspecified atom stereocenters. The van der Waals surface area contributed by atoms with Crippen molar-refractivity contribution < 1.29 is 14.1 Å². The molecule has 0 saturated carbocycles. The Kier molecular flexibility index (Phi) is 5.96. The number of nitrogens with one attached hydrogen (secondary N) is 1. The van der Waals surface area contributed by atoms with E-state index in [9.17, 15) is 9.59 Å². The van der Waals surface area contributed by atoms with Crippen LogP contribution in [0.1, 0.15) is 39.7 Å². The summed E-state index contributed by atoms with van der Waals surface area (Å²) in [6, 6.07) is 7.66. The Bertz CT molecular complexity index is 979. The topological polar surface area (TPSA) is 66.1 Å². The van der Waals surface area contributed by atoms with Crippen molar-refractivity contribution in [1.82, 2.24) is 14.9 Å². The van der Waals surface area contributed by atoms with Crippen LogP contribution in [0.15, 0.2) is 35.8 Å². The molecule has 0 radical (unpaired) electrons.